The first-order valence-corrected chi connectivity index (χ1v) is 8.25. The zero-order chi connectivity index (χ0) is 15.7. The van der Waals surface area contributed by atoms with Crippen molar-refractivity contribution in [1.29, 1.82) is 0 Å². The lowest BCUT2D eigenvalue weighted by atomic mass is 9.87. The monoisotopic (exact) mass is 302 g/mol. The summed E-state index contributed by atoms with van der Waals surface area (Å²) in [5, 5.41) is 0. The second-order valence-corrected chi connectivity index (χ2v) is 7.41. The van der Waals surface area contributed by atoms with Crippen molar-refractivity contribution in [2.45, 2.75) is 45.1 Å². The molecule has 3 fully saturated rings. The molecule has 3 aliphatic heterocycles. The van der Waals surface area contributed by atoms with Crippen molar-refractivity contribution >= 4 is 6.09 Å². The van der Waals surface area contributed by atoms with Gasteiger partial charge in [-0.25, -0.2) is 4.79 Å². The molecule has 1 aromatic rings. The topological polar surface area (TPSA) is 32.8 Å². The Balaban J connectivity index is 1.71. The fraction of sp³-hybridized carbons (Fsp3) is 0.611. The summed E-state index contributed by atoms with van der Waals surface area (Å²) >= 11 is 0. The van der Waals surface area contributed by atoms with Gasteiger partial charge < -0.3 is 14.5 Å². The smallest absolute Gasteiger partial charge is 0.410 e. The predicted octanol–water partition coefficient (Wildman–Crippen LogP) is 3.26. The number of rotatable bonds is 1. The summed E-state index contributed by atoms with van der Waals surface area (Å²) in [6.45, 7) is 10.4. The second-order valence-electron chi connectivity index (χ2n) is 7.41. The predicted molar refractivity (Wildman–Crippen MR) is 87.3 cm³/mol. The molecule has 4 nitrogen and oxygen atoms in total. The molecule has 0 saturated carbocycles. The van der Waals surface area contributed by atoms with Gasteiger partial charge in [0.2, 0.25) is 0 Å². The van der Waals surface area contributed by atoms with Gasteiger partial charge in [0, 0.05) is 32.2 Å². The molecule has 3 saturated heterocycles. The van der Waals surface area contributed by atoms with Crippen molar-refractivity contribution in [3.8, 4) is 5.75 Å². The largest absolute Gasteiger partial charge is 0.415 e. The molecule has 0 unspecified atom stereocenters. The number of piperidine rings is 1. The molecule has 0 aliphatic carbocycles. The number of hydrogen-bond donors (Lipinski definition) is 0. The maximum atomic E-state index is 12.6. The molecule has 1 aromatic carbocycles. The van der Waals surface area contributed by atoms with Gasteiger partial charge in [0.05, 0.1) is 0 Å². The van der Waals surface area contributed by atoms with E-state index in [0.717, 1.165) is 39.0 Å². The maximum Gasteiger partial charge on any atom is 0.415 e. The first-order valence-electron chi connectivity index (χ1n) is 8.25. The Morgan fingerprint density at radius 1 is 1.14 bits per heavy atom. The number of nitrogens with zero attached hydrogens (tertiary/aromatic N) is 2. The standard InChI is InChI=1S/C18H26N2O2/c1-18(2,3)14-5-4-6-16(13-14)22-17(21)20-12-11-19-9-7-15(20)8-10-19/h4-6,13,15H,7-12H2,1-3H3. The molecule has 0 atom stereocenters. The van der Waals surface area contributed by atoms with E-state index in [2.05, 4.69) is 31.7 Å². The van der Waals surface area contributed by atoms with E-state index in [9.17, 15) is 4.79 Å². The average Bonchev–Trinajstić information content (AvgIpc) is 2.80. The summed E-state index contributed by atoms with van der Waals surface area (Å²) in [6, 6.07) is 8.24. The molecule has 0 spiro atoms. The molecule has 4 heteroatoms. The minimum absolute atomic E-state index is 0.0526. The Morgan fingerprint density at radius 3 is 2.55 bits per heavy atom. The summed E-state index contributed by atoms with van der Waals surface area (Å²) in [6.07, 6.45) is 1.94. The quantitative estimate of drug-likeness (QED) is 0.798. The van der Waals surface area contributed by atoms with E-state index in [1.807, 2.05) is 23.1 Å². The Kier molecular flexibility index (Phi) is 4.13. The van der Waals surface area contributed by atoms with Crippen LogP contribution in [-0.2, 0) is 5.41 Å². The summed E-state index contributed by atoms with van der Waals surface area (Å²) < 4.78 is 5.66. The number of carbonyl (C=O) groups excluding carboxylic acids is 1. The summed E-state index contributed by atoms with van der Waals surface area (Å²) in [5.74, 6) is 0.650. The van der Waals surface area contributed by atoms with Crippen LogP contribution < -0.4 is 4.74 Å². The van der Waals surface area contributed by atoms with E-state index in [4.69, 9.17) is 4.74 Å². The SMILES string of the molecule is CC(C)(C)c1cccc(OC(=O)N2CCN3CCC2CC3)c1. The molecule has 3 aliphatic rings. The van der Waals surface area contributed by atoms with Gasteiger partial charge in [-0.05, 0) is 36.0 Å². The van der Waals surface area contributed by atoms with Crippen molar-refractivity contribution in [1.82, 2.24) is 9.80 Å². The summed E-state index contributed by atoms with van der Waals surface area (Å²) in [4.78, 5) is 16.9. The van der Waals surface area contributed by atoms with Gasteiger partial charge in [-0.1, -0.05) is 32.9 Å². The van der Waals surface area contributed by atoms with Gasteiger partial charge in [-0.3, -0.25) is 0 Å². The van der Waals surface area contributed by atoms with Crippen LogP contribution in [0.1, 0.15) is 39.2 Å². The van der Waals surface area contributed by atoms with Crippen LogP contribution in [0.15, 0.2) is 24.3 Å². The lowest BCUT2D eigenvalue weighted by Crippen LogP contribution is -2.43. The molecule has 1 amide bonds. The van der Waals surface area contributed by atoms with Gasteiger partial charge in [-0.2, -0.15) is 0 Å². The molecule has 0 radical (unpaired) electrons. The first-order chi connectivity index (χ1) is 10.4. The molecule has 3 heterocycles. The number of benzene rings is 1. The summed E-state index contributed by atoms with van der Waals surface area (Å²) in [5.41, 5.74) is 1.23. The normalized spacial score (nSPS) is 25.0. The van der Waals surface area contributed by atoms with E-state index in [1.165, 1.54) is 5.56 Å². The Hall–Kier alpha value is -1.55. The molecule has 120 valence electrons. The second kappa shape index (κ2) is 5.92. The van der Waals surface area contributed by atoms with Crippen molar-refractivity contribution in [3.05, 3.63) is 29.8 Å². The van der Waals surface area contributed by atoms with Crippen LogP contribution in [-0.4, -0.2) is 48.1 Å². The third-order valence-corrected chi connectivity index (χ3v) is 4.79. The van der Waals surface area contributed by atoms with Gasteiger partial charge in [0.15, 0.2) is 0 Å². The fourth-order valence-electron chi connectivity index (χ4n) is 3.31. The molecule has 22 heavy (non-hydrogen) atoms. The third kappa shape index (κ3) is 3.27. The van der Waals surface area contributed by atoms with E-state index in [-0.39, 0.29) is 11.5 Å². The van der Waals surface area contributed by atoms with Gasteiger partial charge >= 0.3 is 6.09 Å². The van der Waals surface area contributed by atoms with Crippen LogP contribution in [0.25, 0.3) is 0 Å². The zero-order valence-electron chi connectivity index (χ0n) is 13.8. The van der Waals surface area contributed by atoms with Crippen LogP contribution in [0, 0.1) is 0 Å². The number of ether oxygens (including phenoxy) is 1. The molecular weight excluding hydrogens is 276 g/mol. The van der Waals surface area contributed by atoms with Crippen LogP contribution in [0.2, 0.25) is 0 Å². The fourth-order valence-corrected chi connectivity index (χ4v) is 3.31. The van der Waals surface area contributed by atoms with Crippen molar-refractivity contribution in [2.24, 2.45) is 0 Å². The lowest BCUT2D eigenvalue weighted by Gasteiger charge is -2.30. The molecule has 0 aromatic heterocycles. The Labute approximate surface area is 133 Å². The maximum absolute atomic E-state index is 12.6. The zero-order valence-corrected chi connectivity index (χ0v) is 13.8. The van der Waals surface area contributed by atoms with Gasteiger partial charge in [-0.15, -0.1) is 0 Å². The summed E-state index contributed by atoms with van der Waals surface area (Å²) in [7, 11) is 0. The molecule has 2 bridgehead atoms. The average molecular weight is 302 g/mol. The van der Waals surface area contributed by atoms with Crippen LogP contribution in [0.4, 0.5) is 4.79 Å². The van der Waals surface area contributed by atoms with Crippen LogP contribution >= 0.6 is 0 Å². The molecule has 0 N–H and O–H groups in total. The number of hydrogen-bond acceptors (Lipinski definition) is 3. The number of fused-ring (bicyclic) bond motifs is 4. The van der Waals surface area contributed by atoms with E-state index >= 15 is 0 Å². The first kappa shape index (κ1) is 15.3. The van der Waals surface area contributed by atoms with Gasteiger partial charge in [0.1, 0.15) is 5.75 Å². The van der Waals surface area contributed by atoms with Crippen molar-refractivity contribution in [2.75, 3.05) is 26.2 Å². The number of carbonyl (C=O) groups is 1. The Morgan fingerprint density at radius 2 is 1.86 bits per heavy atom. The van der Waals surface area contributed by atoms with E-state index < -0.39 is 0 Å². The minimum atomic E-state index is -0.195. The van der Waals surface area contributed by atoms with Crippen molar-refractivity contribution in [3.63, 3.8) is 0 Å². The minimum Gasteiger partial charge on any atom is -0.410 e. The molecular formula is C18H26N2O2. The van der Waals surface area contributed by atoms with E-state index in [0.29, 0.717) is 11.8 Å². The number of amides is 1. The highest BCUT2D eigenvalue weighted by atomic mass is 16.6. The lowest BCUT2D eigenvalue weighted by molar-refractivity contribution is 0.131. The highest BCUT2D eigenvalue weighted by molar-refractivity contribution is 5.71. The highest BCUT2D eigenvalue weighted by Gasteiger charge is 2.33. The Bertz CT molecular complexity index is 542. The van der Waals surface area contributed by atoms with Gasteiger partial charge in [0.25, 0.3) is 0 Å². The highest BCUT2D eigenvalue weighted by Crippen LogP contribution is 2.27. The van der Waals surface area contributed by atoms with Crippen LogP contribution in [0.5, 0.6) is 5.75 Å². The third-order valence-electron chi connectivity index (χ3n) is 4.79. The van der Waals surface area contributed by atoms with E-state index in [1.54, 1.807) is 0 Å². The molecule has 4 rings (SSSR count). The van der Waals surface area contributed by atoms with Crippen LogP contribution in [0.3, 0.4) is 0 Å². The van der Waals surface area contributed by atoms with Crippen molar-refractivity contribution < 1.29 is 9.53 Å².